The fourth-order valence-electron chi connectivity index (χ4n) is 4.08. The van der Waals surface area contributed by atoms with Crippen molar-refractivity contribution in [2.45, 2.75) is 78.6 Å². The minimum atomic E-state index is 0.770. The Labute approximate surface area is 182 Å². The van der Waals surface area contributed by atoms with E-state index < -0.39 is 0 Å². The third-order valence-electron chi connectivity index (χ3n) is 5.89. The lowest BCUT2D eigenvalue weighted by Gasteiger charge is -2.18. The van der Waals surface area contributed by atoms with E-state index in [2.05, 4.69) is 63.2 Å². The van der Waals surface area contributed by atoms with Crippen molar-refractivity contribution in [1.82, 2.24) is 0 Å². The first-order valence-corrected chi connectivity index (χ1v) is 12.0. The normalized spacial score (nSPS) is 11.3. The molecule has 2 nitrogen and oxygen atoms in total. The summed E-state index contributed by atoms with van der Waals surface area (Å²) >= 11 is 0. The molecule has 162 valence electrons. The van der Waals surface area contributed by atoms with Crippen molar-refractivity contribution in [3.8, 4) is 11.5 Å². The van der Waals surface area contributed by atoms with Gasteiger partial charge in [-0.15, -0.1) is 0 Å². The van der Waals surface area contributed by atoms with Gasteiger partial charge in [-0.05, 0) is 30.9 Å². The maximum absolute atomic E-state index is 6.44. The summed E-state index contributed by atoms with van der Waals surface area (Å²) in [5, 5.41) is 4.68. The molecule has 0 aliphatic heterocycles. The van der Waals surface area contributed by atoms with E-state index in [0.717, 1.165) is 54.7 Å². The Bertz CT molecular complexity index is 929. The zero-order valence-electron chi connectivity index (χ0n) is 19.1. The standard InChI is InChI=1S/C28H38O2/c1-4-7-9-13-19-29-27-23-15-11-12-16-24(23)28(30-20-14-10-8-5-2)26-21-22(6-3)17-18-25(26)27/h11-12,15-18,21H,4-10,13-14,19-20H2,1-3H3. The van der Waals surface area contributed by atoms with E-state index in [1.165, 1.54) is 54.9 Å². The number of hydrogen-bond acceptors (Lipinski definition) is 2. The van der Waals surface area contributed by atoms with Crippen molar-refractivity contribution in [3.05, 3.63) is 48.0 Å². The molecule has 2 heteroatoms. The van der Waals surface area contributed by atoms with E-state index >= 15 is 0 Å². The highest BCUT2D eigenvalue weighted by Gasteiger charge is 2.16. The molecule has 0 aliphatic carbocycles. The number of ether oxygens (including phenoxy) is 2. The summed E-state index contributed by atoms with van der Waals surface area (Å²) in [6, 6.07) is 15.3. The second-order valence-electron chi connectivity index (χ2n) is 8.26. The van der Waals surface area contributed by atoms with Crippen LogP contribution in [-0.2, 0) is 6.42 Å². The number of benzene rings is 3. The lowest BCUT2D eigenvalue weighted by Crippen LogP contribution is -2.02. The summed E-state index contributed by atoms with van der Waals surface area (Å²) in [4.78, 5) is 0. The highest BCUT2D eigenvalue weighted by atomic mass is 16.5. The van der Waals surface area contributed by atoms with Gasteiger partial charge in [0.1, 0.15) is 11.5 Å². The van der Waals surface area contributed by atoms with Crippen molar-refractivity contribution >= 4 is 21.5 Å². The minimum absolute atomic E-state index is 0.770. The van der Waals surface area contributed by atoms with E-state index in [-0.39, 0.29) is 0 Å². The van der Waals surface area contributed by atoms with Gasteiger partial charge in [0.2, 0.25) is 0 Å². The summed E-state index contributed by atoms with van der Waals surface area (Å²) < 4.78 is 12.8. The van der Waals surface area contributed by atoms with E-state index in [4.69, 9.17) is 9.47 Å². The van der Waals surface area contributed by atoms with Crippen LogP contribution in [-0.4, -0.2) is 13.2 Å². The Balaban J connectivity index is 1.99. The van der Waals surface area contributed by atoms with E-state index in [0.29, 0.717) is 0 Å². The van der Waals surface area contributed by atoms with Crippen LogP contribution < -0.4 is 9.47 Å². The van der Waals surface area contributed by atoms with Crippen LogP contribution in [0, 0.1) is 0 Å². The van der Waals surface area contributed by atoms with Crippen LogP contribution in [0.3, 0.4) is 0 Å². The Morgan fingerprint density at radius 3 is 1.63 bits per heavy atom. The van der Waals surface area contributed by atoms with Crippen LogP contribution in [0.5, 0.6) is 11.5 Å². The van der Waals surface area contributed by atoms with Crippen molar-refractivity contribution in [3.63, 3.8) is 0 Å². The molecule has 0 heterocycles. The average molecular weight is 407 g/mol. The summed E-state index contributed by atoms with van der Waals surface area (Å²) in [6.07, 6.45) is 10.7. The number of unbranched alkanes of at least 4 members (excludes halogenated alkanes) is 6. The largest absolute Gasteiger partial charge is 0.492 e. The molecular formula is C28H38O2. The van der Waals surface area contributed by atoms with E-state index in [9.17, 15) is 0 Å². The molecule has 0 spiro atoms. The summed E-state index contributed by atoms with van der Waals surface area (Å²) in [5.41, 5.74) is 1.34. The second-order valence-corrected chi connectivity index (χ2v) is 8.26. The van der Waals surface area contributed by atoms with Gasteiger partial charge in [-0.2, -0.15) is 0 Å². The fraction of sp³-hybridized carbons (Fsp3) is 0.500. The van der Waals surface area contributed by atoms with Crippen LogP contribution in [0.2, 0.25) is 0 Å². The fourth-order valence-corrected chi connectivity index (χ4v) is 4.08. The van der Waals surface area contributed by atoms with Gasteiger partial charge < -0.3 is 9.47 Å². The zero-order chi connectivity index (χ0) is 21.2. The van der Waals surface area contributed by atoms with Gasteiger partial charge in [0.25, 0.3) is 0 Å². The zero-order valence-corrected chi connectivity index (χ0v) is 19.1. The van der Waals surface area contributed by atoms with Crippen LogP contribution in [0.1, 0.15) is 77.7 Å². The molecule has 0 atom stereocenters. The quantitative estimate of drug-likeness (QED) is 0.209. The Kier molecular flexibility index (Phi) is 8.86. The number of rotatable bonds is 13. The lowest BCUT2D eigenvalue weighted by atomic mass is 9.98. The van der Waals surface area contributed by atoms with E-state index in [1.807, 2.05) is 0 Å². The molecule has 3 aromatic rings. The maximum atomic E-state index is 6.44. The van der Waals surface area contributed by atoms with Crippen molar-refractivity contribution in [1.29, 1.82) is 0 Å². The smallest absolute Gasteiger partial charge is 0.135 e. The molecule has 30 heavy (non-hydrogen) atoms. The molecule has 0 fully saturated rings. The topological polar surface area (TPSA) is 18.5 Å². The van der Waals surface area contributed by atoms with Crippen molar-refractivity contribution < 1.29 is 9.47 Å². The van der Waals surface area contributed by atoms with Gasteiger partial charge in [0.15, 0.2) is 0 Å². The van der Waals surface area contributed by atoms with E-state index in [1.54, 1.807) is 0 Å². The predicted molar refractivity (Wildman–Crippen MR) is 130 cm³/mol. The molecule has 0 aliphatic rings. The van der Waals surface area contributed by atoms with Crippen LogP contribution >= 0.6 is 0 Å². The van der Waals surface area contributed by atoms with Crippen LogP contribution in [0.15, 0.2) is 42.5 Å². The molecule has 3 aromatic carbocycles. The molecule has 3 rings (SSSR count). The molecule has 0 aromatic heterocycles. The Morgan fingerprint density at radius 1 is 0.567 bits per heavy atom. The first-order chi connectivity index (χ1) is 14.8. The Morgan fingerprint density at radius 2 is 1.10 bits per heavy atom. The molecule has 0 unspecified atom stereocenters. The van der Waals surface area contributed by atoms with Gasteiger partial charge in [0, 0.05) is 21.5 Å². The summed E-state index contributed by atoms with van der Waals surface area (Å²) in [6.45, 7) is 8.24. The lowest BCUT2D eigenvalue weighted by molar-refractivity contribution is 0.307. The predicted octanol–water partition coefficient (Wildman–Crippen LogP) is 8.47. The minimum Gasteiger partial charge on any atom is -0.492 e. The first kappa shape index (κ1) is 22.5. The monoisotopic (exact) mass is 406 g/mol. The van der Waals surface area contributed by atoms with Crippen LogP contribution in [0.25, 0.3) is 21.5 Å². The molecule has 0 amide bonds. The summed E-state index contributed by atoms with van der Waals surface area (Å²) in [5.74, 6) is 2.03. The van der Waals surface area contributed by atoms with Gasteiger partial charge in [0.05, 0.1) is 13.2 Å². The molecule has 0 radical (unpaired) electrons. The molecule has 0 saturated carbocycles. The van der Waals surface area contributed by atoms with Crippen molar-refractivity contribution in [2.75, 3.05) is 13.2 Å². The van der Waals surface area contributed by atoms with Crippen LogP contribution in [0.4, 0.5) is 0 Å². The average Bonchev–Trinajstić information content (AvgIpc) is 2.79. The number of fused-ring (bicyclic) bond motifs is 2. The number of aryl methyl sites for hydroxylation is 1. The molecular weight excluding hydrogens is 368 g/mol. The second kappa shape index (κ2) is 11.8. The third-order valence-corrected chi connectivity index (χ3v) is 5.89. The van der Waals surface area contributed by atoms with Gasteiger partial charge in [-0.25, -0.2) is 0 Å². The molecule has 0 bridgehead atoms. The van der Waals surface area contributed by atoms with Gasteiger partial charge in [-0.3, -0.25) is 0 Å². The van der Waals surface area contributed by atoms with Gasteiger partial charge >= 0.3 is 0 Å². The van der Waals surface area contributed by atoms with Gasteiger partial charge in [-0.1, -0.05) is 95.7 Å². The highest BCUT2D eigenvalue weighted by molar-refractivity contribution is 6.11. The first-order valence-electron chi connectivity index (χ1n) is 12.0. The van der Waals surface area contributed by atoms with Crippen molar-refractivity contribution in [2.24, 2.45) is 0 Å². The summed E-state index contributed by atoms with van der Waals surface area (Å²) in [7, 11) is 0. The highest BCUT2D eigenvalue weighted by Crippen LogP contribution is 2.43. The molecule has 0 N–H and O–H groups in total. The molecule has 0 saturated heterocycles. The SMILES string of the molecule is CCCCCCOc1c2ccccc2c(OCCCCCC)c2cc(CC)ccc12. The third kappa shape index (κ3) is 5.47. The maximum Gasteiger partial charge on any atom is 0.135 e. The number of hydrogen-bond donors (Lipinski definition) is 0. The Hall–Kier alpha value is -2.22.